The Morgan fingerprint density at radius 3 is 1.01 bits per heavy atom. The molecule has 0 aliphatic heterocycles. The molecule has 0 spiro atoms. The van der Waals surface area contributed by atoms with Crippen molar-refractivity contribution in [1.29, 1.82) is 0 Å². The van der Waals surface area contributed by atoms with Crippen molar-refractivity contribution in [1.82, 2.24) is 0 Å². The van der Waals surface area contributed by atoms with Crippen LogP contribution in [-0.2, 0) is 23.8 Å². The Bertz CT molecular complexity index is 1450. The van der Waals surface area contributed by atoms with E-state index in [4.69, 9.17) is 14.2 Å². The van der Waals surface area contributed by atoms with Gasteiger partial charge in [-0.3, -0.25) is 9.59 Å². The standard InChI is InChI=1S/C67H112O5/c1-4-7-10-13-16-19-22-25-28-31-34-36-39-42-45-48-51-54-57-60-66(68)71-64-65(63-70-62-59-56-53-50-47-44-41-38-33-30-27-24-21-18-15-12-9-6-3)72-67(69)61-58-55-52-49-46-43-40-37-35-32-29-26-23-20-17-14-11-8-5-2/h7,10,16-21,25-30,34-37,42,45,65H,4-6,8-9,11-15,22-24,31-33,38-41,43-44,46-64H2,1-3H3/b10-7-,19-16-,20-17-,21-18-,28-25-,29-26-,30-27-,36-34-,37-35-,45-42-. The van der Waals surface area contributed by atoms with Gasteiger partial charge in [0.15, 0.2) is 6.10 Å². The number of hydrogen-bond donors (Lipinski definition) is 0. The van der Waals surface area contributed by atoms with Gasteiger partial charge in [0.25, 0.3) is 0 Å². The molecule has 0 saturated heterocycles. The van der Waals surface area contributed by atoms with Crippen LogP contribution in [0.5, 0.6) is 0 Å². The third kappa shape index (κ3) is 58.9. The van der Waals surface area contributed by atoms with Crippen LogP contribution >= 0.6 is 0 Å². The van der Waals surface area contributed by atoms with Crippen LogP contribution in [0.4, 0.5) is 0 Å². The fourth-order valence-electron chi connectivity index (χ4n) is 7.99. The van der Waals surface area contributed by atoms with Crippen molar-refractivity contribution in [3.63, 3.8) is 0 Å². The average Bonchev–Trinajstić information content (AvgIpc) is 3.38. The smallest absolute Gasteiger partial charge is 0.306 e. The first-order chi connectivity index (χ1) is 35.6. The second-order valence-corrected chi connectivity index (χ2v) is 19.5. The summed E-state index contributed by atoms with van der Waals surface area (Å²) in [5.41, 5.74) is 0. The molecule has 0 saturated carbocycles. The molecule has 0 rings (SSSR count). The van der Waals surface area contributed by atoms with Gasteiger partial charge in [-0.05, 0) is 135 Å². The number of hydrogen-bond acceptors (Lipinski definition) is 5. The Kier molecular flexibility index (Phi) is 58.4. The summed E-state index contributed by atoms with van der Waals surface area (Å²) >= 11 is 0. The van der Waals surface area contributed by atoms with Gasteiger partial charge in [0.1, 0.15) is 6.61 Å². The second-order valence-electron chi connectivity index (χ2n) is 19.5. The molecular weight excluding hydrogens is 885 g/mol. The van der Waals surface area contributed by atoms with Gasteiger partial charge in [-0.2, -0.15) is 0 Å². The molecule has 1 atom stereocenters. The van der Waals surface area contributed by atoms with Crippen molar-refractivity contribution in [3.05, 3.63) is 122 Å². The minimum atomic E-state index is -0.570. The van der Waals surface area contributed by atoms with Gasteiger partial charge in [-0.25, -0.2) is 0 Å². The van der Waals surface area contributed by atoms with Crippen LogP contribution in [0.15, 0.2) is 122 Å². The number of rotatable bonds is 54. The van der Waals surface area contributed by atoms with E-state index in [1.54, 1.807) is 0 Å². The molecule has 0 aromatic heterocycles. The topological polar surface area (TPSA) is 61.8 Å². The first kappa shape index (κ1) is 68.3. The third-order valence-corrected chi connectivity index (χ3v) is 12.5. The predicted octanol–water partition coefficient (Wildman–Crippen LogP) is 20.9. The number of allylic oxidation sites excluding steroid dienone is 20. The van der Waals surface area contributed by atoms with Gasteiger partial charge >= 0.3 is 11.9 Å². The van der Waals surface area contributed by atoms with Crippen molar-refractivity contribution >= 4 is 11.9 Å². The van der Waals surface area contributed by atoms with E-state index in [1.807, 2.05) is 0 Å². The molecule has 0 aliphatic carbocycles. The molecule has 410 valence electrons. The third-order valence-electron chi connectivity index (χ3n) is 12.5. The first-order valence-corrected chi connectivity index (χ1v) is 30.1. The molecule has 5 heteroatoms. The van der Waals surface area contributed by atoms with E-state index < -0.39 is 6.10 Å². The number of ether oxygens (including phenoxy) is 3. The zero-order valence-electron chi connectivity index (χ0n) is 47.2. The first-order valence-electron chi connectivity index (χ1n) is 30.1. The molecule has 0 aromatic carbocycles. The lowest BCUT2D eigenvalue weighted by Gasteiger charge is -2.18. The van der Waals surface area contributed by atoms with Crippen LogP contribution in [0.2, 0.25) is 0 Å². The maximum Gasteiger partial charge on any atom is 0.306 e. The van der Waals surface area contributed by atoms with E-state index in [2.05, 4.69) is 142 Å². The quantitative estimate of drug-likeness (QED) is 0.0345. The van der Waals surface area contributed by atoms with Gasteiger partial charge in [-0.1, -0.05) is 239 Å². The summed E-state index contributed by atoms with van der Waals surface area (Å²) in [4.78, 5) is 25.6. The van der Waals surface area contributed by atoms with Crippen LogP contribution in [0, 0.1) is 0 Å². The Hall–Kier alpha value is -3.70. The van der Waals surface area contributed by atoms with E-state index in [1.165, 1.54) is 116 Å². The maximum absolute atomic E-state index is 12.9. The van der Waals surface area contributed by atoms with Gasteiger partial charge in [0.05, 0.1) is 6.61 Å². The van der Waals surface area contributed by atoms with Crippen molar-refractivity contribution in [2.24, 2.45) is 0 Å². The summed E-state index contributed by atoms with van der Waals surface area (Å²) in [7, 11) is 0. The fourth-order valence-corrected chi connectivity index (χ4v) is 7.99. The molecule has 0 heterocycles. The predicted molar refractivity (Wildman–Crippen MR) is 316 cm³/mol. The number of carbonyl (C=O) groups is 2. The second kappa shape index (κ2) is 61.6. The molecule has 0 aromatic rings. The summed E-state index contributed by atoms with van der Waals surface area (Å²) in [5, 5.41) is 0. The fraction of sp³-hybridized carbons (Fsp3) is 0.672. The minimum Gasteiger partial charge on any atom is -0.462 e. The Balaban J connectivity index is 4.41. The zero-order valence-corrected chi connectivity index (χ0v) is 47.2. The monoisotopic (exact) mass is 997 g/mol. The summed E-state index contributed by atoms with van der Waals surface area (Å²) in [5.74, 6) is -0.453. The summed E-state index contributed by atoms with van der Waals surface area (Å²) in [6.45, 7) is 7.61. The molecule has 1 unspecified atom stereocenters. The molecule has 0 aliphatic rings. The van der Waals surface area contributed by atoms with E-state index in [9.17, 15) is 9.59 Å². The van der Waals surface area contributed by atoms with Gasteiger partial charge in [0, 0.05) is 19.4 Å². The largest absolute Gasteiger partial charge is 0.462 e. The number of esters is 2. The SMILES string of the molecule is CC/C=C\C/C=C\C/C=C\C/C=C\C/C=C\CCCCCC(=O)OCC(COCCCCCCCCCC/C=C\C/C=C\CCCCC)OC(=O)CCCCCCCC/C=C\C/C=C\C/C=C\CCCCC. The molecular formula is C67H112O5. The molecule has 5 nitrogen and oxygen atoms in total. The molecule has 0 radical (unpaired) electrons. The van der Waals surface area contributed by atoms with E-state index in [-0.39, 0.29) is 25.2 Å². The van der Waals surface area contributed by atoms with E-state index in [0.29, 0.717) is 19.4 Å². The zero-order chi connectivity index (χ0) is 52.0. The highest BCUT2D eigenvalue weighted by atomic mass is 16.6. The van der Waals surface area contributed by atoms with Crippen molar-refractivity contribution < 1.29 is 23.8 Å². The van der Waals surface area contributed by atoms with Crippen LogP contribution in [0.3, 0.4) is 0 Å². The molecule has 0 fully saturated rings. The van der Waals surface area contributed by atoms with Crippen LogP contribution in [-0.4, -0.2) is 37.9 Å². The lowest BCUT2D eigenvalue weighted by Crippen LogP contribution is -2.30. The Morgan fingerprint density at radius 2 is 0.625 bits per heavy atom. The highest BCUT2D eigenvalue weighted by molar-refractivity contribution is 5.70. The van der Waals surface area contributed by atoms with Crippen LogP contribution < -0.4 is 0 Å². The summed E-state index contributed by atoms with van der Waals surface area (Å²) in [6.07, 6.45) is 86.5. The van der Waals surface area contributed by atoms with E-state index >= 15 is 0 Å². The molecule has 0 N–H and O–H groups in total. The van der Waals surface area contributed by atoms with Crippen molar-refractivity contribution in [3.8, 4) is 0 Å². The van der Waals surface area contributed by atoms with Crippen molar-refractivity contribution in [2.45, 2.75) is 271 Å². The van der Waals surface area contributed by atoms with Crippen LogP contribution in [0.25, 0.3) is 0 Å². The number of carbonyl (C=O) groups excluding carboxylic acids is 2. The average molecular weight is 998 g/mol. The van der Waals surface area contributed by atoms with Gasteiger partial charge < -0.3 is 14.2 Å². The Labute approximate surface area is 446 Å². The maximum atomic E-state index is 12.9. The minimum absolute atomic E-state index is 0.0534. The summed E-state index contributed by atoms with van der Waals surface area (Å²) < 4.78 is 17.5. The van der Waals surface area contributed by atoms with Gasteiger partial charge in [0.2, 0.25) is 0 Å². The molecule has 0 bridgehead atoms. The van der Waals surface area contributed by atoms with Crippen LogP contribution in [0.1, 0.15) is 265 Å². The normalized spacial score (nSPS) is 13.1. The number of unbranched alkanes of at least 4 members (excludes halogenated alkanes) is 23. The lowest BCUT2D eigenvalue weighted by atomic mass is 10.1. The van der Waals surface area contributed by atoms with Crippen molar-refractivity contribution in [2.75, 3.05) is 19.8 Å². The Morgan fingerprint density at radius 1 is 0.319 bits per heavy atom. The highest BCUT2D eigenvalue weighted by Crippen LogP contribution is 2.14. The summed E-state index contributed by atoms with van der Waals surface area (Å²) in [6, 6.07) is 0. The van der Waals surface area contributed by atoms with E-state index in [0.717, 1.165) is 116 Å². The molecule has 72 heavy (non-hydrogen) atoms. The molecule has 0 amide bonds. The highest BCUT2D eigenvalue weighted by Gasteiger charge is 2.17. The van der Waals surface area contributed by atoms with Gasteiger partial charge in [-0.15, -0.1) is 0 Å². The lowest BCUT2D eigenvalue weighted by molar-refractivity contribution is -0.163.